The second kappa shape index (κ2) is 8.25. The van der Waals surface area contributed by atoms with Crippen molar-refractivity contribution < 1.29 is 19.1 Å². The molecule has 0 bridgehead atoms. The third-order valence-electron chi connectivity index (χ3n) is 5.72. The zero-order valence-corrected chi connectivity index (χ0v) is 16.7. The van der Waals surface area contributed by atoms with Crippen molar-refractivity contribution in [1.29, 1.82) is 0 Å². The first kappa shape index (κ1) is 19.5. The highest BCUT2D eigenvalue weighted by atomic mass is 16.5. The highest BCUT2D eigenvalue weighted by Gasteiger charge is 2.41. The Morgan fingerprint density at radius 1 is 1.24 bits per heavy atom. The van der Waals surface area contributed by atoms with Gasteiger partial charge < -0.3 is 20.1 Å². The standard InChI is InChI=1S/C23H26N2O4/c1-14-4-3-5-16(10-14)22-17-8-9-29-23(17)18-11-15(6-7-19(18)25-22)12-20(26)24-13-21(27)28-2/h3-7,10-11,17,22-23,25H,8-9,12-13H2,1-2H3,(H,24,26)/t17-,22-,23-/m1/s1. The number of rotatable bonds is 5. The molecule has 2 aliphatic heterocycles. The maximum absolute atomic E-state index is 12.1. The molecule has 0 spiro atoms. The fraction of sp³-hybridized carbons (Fsp3) is 0.391. The lowest BCUT2D eigenvalue weighted by atomic mass is 9.80. The summed E-state index contributed by atoms with van der Waals surface area (Å²) in [7, 11) is 1.30. The van der Waals surface area contributed by atoms with E-state index >= 15 is 0 Å². The minimum absolute atomic E-state index is 0.0230. The van der Waals surface area contributed by atoms with Gasteiger partial charge >= 0.3 is 5.97 Å². The van der Waals surface area contributed by atoms with Crippen LogP contribution < -0.4 is 10.6 Å². The van der Waals surface area contributed by atoms with Gasteiger partial charge in [-0.25, -0.2) is 0 Å². The molecule has 6 nitrogen and oxygen atoms in total. The van der Waals surface area contributed by atoms with E-state index in [1.54, 1.807) is 0 Å². The van der Waals surface area contributed by atoms with Gasteiger partial charge in [-0.1, -0.05) is 42.0 Å². The molecule has 2 aromatic rings. The maximum atomic E-state index is 12.1. The van der Waals surface area contributed by atoms with Crippen molar-refractivity contribution in [3.05, 3.63) is 64.7 Å². The SMILES string of the molecule is COC(=O)CNC(=O)Cc1ccc2c(c1)[C@@H]1OCC[C@@H]1[C@@H](c1cccc(C)c1)N2. The Bertz CT molecular complexity index is 927. The van der Waals surface area contributed by atoms with E-state index in [4.69, 9.17) is 4.74 Å². The summed E-state index contributed by atoms with van der Waals surface area (Å²) in [6.45, 7) is 2.73. The molecular weight excluding hydrogens is 368 g/mol. The molecule has 0 aliphatic carbocycles. The van der Waals surface area contributed by atoms with E-state index < -0.39 is 5.97 Å². The highest BCUT2D eigenvalue weighted by molar-refractivity contribution is 5.83. The van der Waals surface area contributed by atoms with Gasteiger partial charge in [0.1, 0.15) is 6.54 Å². The molecular formula is C23H26N2O4. The van der Waals surface area contributed by atoms with Gasteiger partial charge in [-0.15, -0.1) is 0 Å². The number of aryl methyl sites for hydroxylation is 1. The van der Waals surface area contributed by atoms with Crippen LogP contribution in [0.2, 0.25) is 0 Å². The van der Waals surface area contributed by atoms with Gasteiger partial charge in [-0.2, -0.15) is 0 Å². The van der Waals surface area contributed by atoms with E-state index in [1.165, 1.54) is 18.2 Å². The second-order valence-electron chi connectivity index (χ2n) is 7.73. The number of amides is 1. The third kappa shape index (κ3) is 4.12. The van der Waals surface area contributed by atoms with Crippen molar-refractivity contribution >= 4 is 17.6 Å². The van der Waals surface area contributed by atoms with E-state index in [2.05, 4.69) is 52.6 Å². The van der Waals surface area contributed by atoms with Crippen LogP contribution in [0.15, 0.2) is 42.5 Å². The lowest BCUT2D eigenvalue weighted by molar-refractivity contribution is -0.141. The number of anilines is 1. The first-order chi connectivity index (χ1) is 14.0. The first-order valence-electron chi connectivity index (χ1n) is 9.96. The van der Waals surface area contributed by atoms with Crippen LogP contribution in [0.25, 0.3) is 0 Å². The summed E-state index contributed by atoms with van der Waals surface area (Å²) >= 11 is 0. The molecule has 4 rings (SSSR count). The zero-order valence-electron chi connectivity index (χ0n) is 16.7. The van der Waals surface area contributed by atoms with Gasteiger partial charge in [0.25, 0.3) is 0 Å². The van der Waals surface area contributed by atoms with Crippen LogP contribution in [-0.2, 0) is 25.5 Å². The fourth-order valence-electron chi connectivity index (χ4n) is 4.32. The van der Waals surface area contributed by atoms with Gasteiger partial charge in [0.15, 0.2) is 0 Å². The zero-order chi connectivity index (χ0) is 20.4. The molecule has 1 fully saturated rings. The summed E-state index contributed by atoms with van der Waals surface area (Å²) in [4.78, 5) is 23.3. The van der Waals surface area contributed by atoms with Crippen LogP contribution in [0.4, 0.5) is 5.69 Å². The molecule has 1 saturated heterocycles. The average Bonchev–Trinajstić information content (AvgIpc) is 3.21. The monoisotopic (exact) mass is 394 g/mol. The van der Waals surface area contributed by atoms with Gasteiger partial charge in [0.2, 0.25) is 5.91 Å². The summed E-state index contributed by atoms with van der Waals surface area (Å²) in [5.74, 6) is -0.314. The quantitative estimate of drug-likeness (QED) is 0.763. The molecule has 2 heterocycles. The summed E-state index contributed by atoms with van der Waals surface area (Å²) < 4.78 is 10.7. The van der Waals surface area contributed by atoms with Crippen molar-refractivity contribution in [2.45, 2.75) is 31.9 Å². The number of esters is 1. The molecule has 0 saturated carbocycles. The number of ether oxygens (including phenoxy) is 2. The molecule has 0 unspecified atom stereocenters. The first-order valence-corrected chi connectivity index (χ1v) is 9.96. The minimum atomic E-state index is -0.461. The lowest BCUT2D eigenvalue weighted by Crippen LogP contribution is -2.31. The minimum Gasteiger partial charge on any atom is -0.468 e. The van der Waals surface area contributed by atoms with Crippen molar-refractivity contribution in [1.82, 2.24) is 5.32 Å². The van der Waals surface area contributed by atoms with Gasteiger partial charge in [0.05, 0.1) is 25.7 Å². The highest BCUT2D eigenvalue weighted by Crippen LogP contribution is 2.50. The molecule has 152 valence electrons. The number of hydrogen-bond donors (Lipinski definition) is 2. The second-order valence-corrected chi connectivity index (χ2v) is 7.73. The van der Waals surface area contributed by atoms with Crippen LogP contribution in [0, 0.1) is 12.8 Å². The van der Waals surface area contributed by atoms with Crippen molar-refractivity contribution in [2.24, 2.45) is 5.92 Å². The predicted molar refractivity (Wildman–Crippen MR) is 110 cm³/mol. The molecule has 2 aliphatic rings. The van der Waals surface area contributed by atoms with Gasteiger partial charge in [0, 0.05) is 23.8 Å². The Morgan fingerprint density at radius 3 is 2.90 bits per heavy atom. The molecule has 3 atom stereocenters. The Morgan fingerprint density at radius 2 is 2.10 bits per heavy atom. The Hall–Kier alpha value is -2.86. The van der Waals surface area contributed by atoms with Gasteiger partial charge in [-0.05, 0) is 30.5 Å². The summed E-state index contributed by atoms with van der Waals surface area (Å²) in [5.41, 5.74) is 5.59. The van der Waals surface area contributed by atoms with E-state index in [0.717, 1.165) is 29.8 Å². The van der Waals surface area contributed by atoms with Crippen molar-refractivity contribution in [3.63, 3.8) is 0 Å². The predicted octanol–water partition coefficient (Wildman–Crippen LogP) is 3.07. The molecule has 1 amide bonds. The summed E-state index contributed by atoms with van der Waals surface area (Å²) in [5, 5.41) is 6.28. The van der Waals surface area contributed by atoms with Gasteiger partial charge in [-0.3, -0.25) is 9.59 Å². The van der Waals surface area contributed by atoms with E-state index in [9.17, 15) is 9.59 Å². The molecule has 2 aromatic carbocycles. The maximum Gasteiger partial charge on any atom is 0.325 e. The molecule has 29 heavy (non-hydrogen) atoms. The van der Waals surface area contributed by atoms with E-state index in [-0.39, 0.29) is 31.0 Å². The normalized spacial score (nSPS) is 22.2. The van der Waals surface area contributed by atoms with E-state index in [0.29, 0.717) is 5.92 Å². The number of nitrogens with one attached hydrogen (secondary N) is 2. The van der Waals surface area contributed by atoms with Crippen molar-refractivity contribution in [2.75, 3.05) is 25.6 Å². The Labute approximate surface area is 170 Å². The fourth-order valence-corrected chi connectivity index (χ4v) is 4.32. The number of benzene rings is 2. The smallest absolute Gasteiger partial charge is 0.325 e. The summed E-state index contributed by atoms with van der Waals surface area (Å²) in [6, 6.07) is 14.9. The molecule has 2 N–H and O–H groups in total. The van der Waals surface area contributed by atoms with Crippen LogP contribution in [-0.4, -0.2) is 32.1 Å². The Kier molecular flexibility index (Phi) is 5.53. The van der Waals surface area contributed by atoms with E-state index in [1.807, 2.05) is 12.1 Å². The van der Waals surface area contributed by atoms with Crippen LogP contribution in [0.3, 0.4) is 0 Å². The number of carbonyl (C=O) groups is 2. The number of fused-ring (bicyclic) bond motifs is 3. The molecule has 6 heteroatoms. The molecule has 0 radical (unpaired) electrons. The average molecular weight is 394 g/mol. The van der Waals surface area contributed by atoms with Crippen LogP contribution >= 0.6 is 0 Å². The third-order valence-corrected chi connectivity index (χ3v) is 5.72. The lowest BCUT2D eigenvalue weighted by Gasteiger charge is -2.37. The number of carbonyl (C=O) groups excluding carboxylic acids is 2. The topological polar surface area (TPSA) is 76.7 Å². The number of hydrogen-bond acceptors (Lipinski definition) is 5. The molecule has 0 aromatic heterocycles. The van der Waals surface area contributed by atoms with Crippen molar-refractivity contribution in [3.8, 4) is 0 Å². The van der Waals surface area contributed by atoms with Crippen LogP contribution in [0.1, 0.15) is 40.8 Å². The summed E-state index contributed by atoms with van der Waals surface area (Å²) in [6.07, 6.45) is 1.23. The van der Waals surface area contributed by atoms with Crippen LogP contribution in [0.5, 0.6) is 0 Å². The number of methoxy groups -OCH3 is 1. The Balaban J connectivity index is 1.54. The largest absolute Gasteiger partial charge is 0.468 e.